The molecule has 2 fully saturated rings. The van der Waals surface area contributed by atoms with Gasteiger partial charge in [-0.15, -0.1) is 0 Å². The molecule has 0 radical (unpaired) electrons. The first-order valence-corrected chi connectivity index (χ1v) is 6.61. The molecule has 82 valence electrons. The second-order valence-corrected chi connectivity index (χ2v) is 6.27. The number of hydrogen-bond acceptors (Lipinski definition) is 0. The first-order valence-electron chi connectivity index (χ1n) is 6.61. The van der Waals surface area contributed by atoms with Gasteiger partial charge in [-0.2, -0.15) is 0 Å². The highest BCUT2D eigenvalue weighted by atomic mass is 14.6. The van der Waals surface area contributed by atoms with Crippen LogP contribution in [-0.2, 0) is 0 Å². The molecule has 0 nitrogen and oxygen atoms in total. The van der Waals surface area contributed by atoms with E-state index in [1.54, 1.807) is 0 Å². The summed E-state index contributed by atoms with van der Waals surface area (Å²) >= 11 is 0. The summed E-state index contributed by atoms with van der Waals surface area (Å²) < 4.78 is 0. The monoisotopic (exact) mass is 194 g/mol. The van der Waals surface area contributed by atoms with Gasteiger partial charge in [-0.25, -0.2) is 0 Å². The van der Waals surface area contributed by atoms with E-state index in [0.717, 1.165) is 11.3 Å². The van der Waals surface area contributed by atoms with E-state index in [2.05, 4.69) is 20.8 Å². The van der Waals surface area contributed by atoms with Gasteiger partial charge in [-0.3, -0.25) is 0 Å². The van der Waals surface area contributed by atoms with Crippen LogP contribution in [0.5, 0.6) is 0 Å². The van der Waals surface area contributed by atoms with Crippen molar-refractivity contribution in [1.82, 2.24) is 0 Å². The predicted octanol–water partition coefficient (Wildman–Crippen LogP) is 4.78. The minimum absolute atomic E-state index is 0.660. The van der Waals surface area contributed by atoms with Crippen LogP contribution < -0.4 is 0 Å². The summed E-state index contributed by atoms with van der Waals surface area (Å²) in [6.07, 6.45) is 12.1. The van der Waals surface area contributed by atoms with Crippen molar-refractivity contribution in [3.63, 3.8) is 0 Å². The Morgan fingerprint density at radius 1 is 0.786 bits per heavy atom. The predicted molar refractivity (Wildman–Crippen MR) is 62.3 cm³/mol. The maximum atomic E-state index is 2.58. The summed E-state index contributed by atoms with van der Waals surface area (Å²) in [5.41, 5.74) is 1.41. The molecule has 1 atom stereocenters. The molecule has 0 aromatic heterocycles. The SMILES string of the molecule is CC(C)[C@]1(C)CCCC12CCCCC2. The van der Waals surface area contributed by atoms with Crippen LogP contribution in [-0.4, -0.2) is 0 Å². The molecule has 0 saturated heterocycles. The van der Waals surface area contributed by atoms with Crippen molar-refractivity contribution in [1.29, 1.82) is 0 Å². The molecular formula is C14H26. The molecule has 0 unspecified atom stereocenters. The van der Waals surface area contributed by atoms with Crippen LogP contribution in [0.15, 0.2) is 0 Å². The molecule has 0 amide bonds. The standard InChI is InChI=1S/C14H26/c1-12(2)13(3)8-7-11-14(13)9-5-4-6-10-14/h12H,4-11H2,1-3H3/t13-/m0/s1. The summed E-state index contributed by atoms with van der Waals surface area (Å²) in [6.45, 7) is 7.47. The molecule has 1 spiro atoms. The first kappa shape index (κ1) is 10.5. The Morgan fingerprint density at radius 2 is 1.36 bits per heavy atom. The van der Waals surface area contributed by atoms with E-state index in [1.807, 2.05) is 0 Å². The third kappa shape index (κ3) is 1.33. The fourth-order valence-corrected chi connectivity index (χ4v) is 4.30. The van der Waals surface area contributed by atoms with Gasteiger partial charge in [0.1, 0.15) is 0 Å². The minimum Gasteiger partial charge on any atom is -0.0622 e. The topological polar surface area (TPSA) is 0 Å². The van der Waals surface area contributed by atoms with Crippen LogP contribution in [0.4, 0.5) is 0 Å². The molecule has 2 aliphatic rings. The molecule has 0 heterocycles. The Bertz CT molecular complexity index is 198. The van der Waals surface area contributed by atoms with E-state index in [0.29, 0.717) is 5.41 Å². The molecule has 0 aromatic rings. The van der Waals surface area contributed by atoms with Crippen molar-refractivity contribution in [2.24, 2.45) is 16.7 Å². The number of rotatable bonds is 1. The van der Waals surface area contributed by atoms with Crippen molar-refractivity contribution in [3.05, 3.63) is 0 Å². The van der Waals surface area contributed by atoms with Crippen LogP contribution in [0, 0.1) is 16.7 Å². The quantitative estimate of drug-likeness (QED) is 0.563. The van der Waals surface area contributed by atoms with Gasteiger partial charge in [-0.05, 0) is 42.4 Å². The molecular weight excluding hydrogens is 168 g/mol. The summed E-state index contributed by atoms with van der Waals surface area (Å²) in [7, 11) is 0. The van der Waals surface area contributed by atoms with Crippen LogP contribution in [0.2, 0.25) is 0 Å². The second kappa shape index (κ2) is 3.54. The van der Waals surface area contributed by atoms with Gasteiger partial charge >= 0.3 is 0 Å². The van der Waals surface area contributed by atoms with E-state index in [9.17, 15) is 0 Å². The highest BCUT2D eigenvalue weighted by Gasteiger charge is 2.52. The third-order valence-corrected chi connectivity index (χ3v) is 5.65. The summed E-state index contributed by atoms with van der Waals surface area (Å²) in [5, 5.41) is 0. The van der Waals surface area contributed by atoms with E-state index in [4.69, 9.17) is 0 Å². The smallest absolute Gasteiger partial charge is 0.0241 e. The Kier molecular flexibility index (Phi) is 2.66. The largest absolute Gasteiger partial charge is 0.0622 e. The maximum Gasteiger partial charge on any atom is -0.0241 e. The molecule has 2 aliphatic carbocycles. The van der Waals surface area contributed by atoms with Crippen LogP contribution in [0.25, 0.3) is 0 Å². The van der Waals surface area contributed by atoms with Gasteiger partial charge in [-0.1, -0.05) is 46.5 Å². The Hall–Kier alpha value is 0. The molecule has 14 heavy (non-hydrogen) atoms. The molecule has 2 saturated carbocycles. The lowest BCUT2D eigenvalue weighted by Gasteiger charge is -2.49. The Balaban J connectivity index is 2.23. The van der Waals surface area contributed by atoms with Gasteiger partial charge < -0.3 is 0 Å². The van der Waals surface area contributed by atoms with Crippen molar-refractivity contribution < 1.29 is 0 Å². The zero-order valence-electron chi connectivity index (χ0n) is 10.2. The van der Waals surface area contributed by atoms with Crippen molar-refractivity contribution in [2.75, 3.05) is 0 Å². The molecule has 0 bridgehead atoms. The molecule has 2 rings (SSSR count). The fourth-order valence-electron chi connectivity index (χ4n) is 4.30. The van der Waals surface area contributed by atoms with Gasteiger partial charge in [0.15, 0.2) is 0 Å². The van der Waals surface area contributed by atoms with Crippen LogP contribution in [0.3, 0.4) is 0 Å². The lowest BCUT2D eigenvalue weighted by molar-refractivity contribution is 0.00448. The van der Waals surface area contributed by atoms with E-state index < -0.39 is 0 Å². The summed E-state index contributed by atoms with van der Waals surface area (Å²) in [4.78, 5) is 0. The Morgan fingerprint density at radius 3 is 1.93 bits per heavy atom. The fraction of sp³-hybridized carbons (Fsp3) is 1.00. The van der Waals surface area contributed by atoms with E-state index in [1.165, 1.54) is 51.4 Å². The normalized spacial score (nSPS) is 36.9. The Labute approximate surface area is 89.5 Å². The van der Waals surface area contributed by atoms with E-state index in [-0.39, 0.29) is 0 Å². The van der Waals surface area contributed by atoms with Gasteiger partial charge in [0.2, 0.25) is 0 Å². The van der Waals surface area contributed by atoms with Gasteiger partial charge in [0.05, 0.1) is 0 Å². The molecule has 0 aromatic carbocycles. The molecule has 0 N–H and O–H groups in total. The minimum atomic E-state index is 0.660. The third-order valence-electron chi connectivity index (χ3n) is 5.65. The van der Waals surface area contributed by atoms with Crippen LogP contribution in [0.1, 0.15) is 72.1 Å². The first-order chi connectivity index (χ1) is 6.61. The van der Waals surface area contributed by atoms with Crippen molar-refractivity contribution in [2.45, 2.75) is 72.1 Å². The zero-order valence-corrected chi connectivity index (χ0v) is 10.2. The number of hydrogen-bond donors (Lipinski definition) is 0. The highest BCUT2D eigenvalue weighted by Crippen LogP contribution is 2.62. The maximum absolute atomic E-state index is 2.58. The van der Waals surface area contributed by atoms with Gasteiger partial charge in [0, 0.05) is 0 Å². The van der Waals surface area contributed by atoms with E-state index >= 15 is 0 Å². The lowest BCUT2D eigenvalue weighted by Crippen LogP contribution is -2.40. The molecule has 0 aliphatic heterocycles. The van der Waals surface area contributed by atoms with Crippen molar-refractivity contribution >= 4 is 0 Å². The lowest BCUT2D eigenvalue weighted by atomic mass is 9.56. The summed E-state index contributed by atoms with van der Waals surface area (Å²) in [6, 6.07) is 0. The van der Waals surface area contributed by atoms with Crippen molar-refractivity contribution in [3.8, 4) is 0 Å². The second-order valence-electron chi connectivity index (χ2n) is 6.27. The highest BCUT2D eigenvalue weighted by molar-refractivity contribution is 5.02. The summed E-state index contributed by atoms with van der Waals surface area (Å²) in [5.74, 6) is 0.878. The molecule has 0 heteroatoms. The van der Waals surface area contributed by atoms with Gasteiger partial charge in [0.25, 0.3) is 0 Å². The average Bonchev–Trinajstić information content (AvgIpc) is 2.47. The average molecular weight is 194 g/mol. The van der Waals surface area contributed by atoms with Crippen LogP contribution >= 0.6 is 0 Å². The zero-order chi connectivity index (χ0) is 10.2.